The molecule has 0 aromatic carbocycles. The SMILES string of the molecule is CCn1cc(S(=O)(=O)NCC(C)(C)CN)nc1C. The van der Waals surface area contributed by atoms with E-state index in [1.165, 1.54) is 0 Å². The molecule has 0 spiro atoms. The maximum absolute atomic E-state index is 12.0. The predicted molar refractivity (Wildman–Crippen MR) is 70.7 cm³/mol. The third-order valence-electron chi connectivity index (χ3n) is 2.86. The van der Waals surface area contributed by atoms with Crippen LogP contribution in [0.15, 0.2) is 11.2 Å². The predicted octanol–water partition coefficient (Wildman–Crippen LogP) is 0.475. The van der Waals surface area contributed by atoms with Crippen molar-refractivity contribution in [1.29, 1.82) is 0 Å². The molecule has 0 saturated heterocycles. The lowest BCUT2D eigenvalue weighted by Gasteiger charge is -2.22. The summed E-state index contributed by atoms with van der Waals surface area (Å²) in [6, 6.07) is 0. The molecular formula is C11H22N4O2S. The van der Waals surface area contributed by atoms with Gasteiger partial charge in [-0.2, -0.15) is 0 Å². The Kier molecular flexibility index (Phi) is 4.52. The highest BCUT2D eigenvalue weighted by molar-refractivity contribution is 7.89. The molecule has 6 nitrogen and oxygen atoms in total. The van der Waals surface area contributed by atoms with Gasteiger partial charge < -0.3 is 10.3 Å². The number of nitrogens with one attached hydrogen (secondary N) is 1. The smallest absolute Gasteiger partial charge is 0.259 e. The van der Waals surface area contributed by atoms with E-state index < -0.39 is 10.0 Å². The van der Waals surface area contributed by atoms with Crippen molar-refractivity contribution in [3.8, 4) is 0 Å². The Hall–Kier alpha value is -0.920. The van der Waals surface area contributed by atoms with Crippen LogP contribution in [0.25, 0.3) is 0 Å². The summed E-state index contributed by atoms with van der Waals surface area (Å²) >= 11 is 0. The molecule has 104 valence electrons. The minimum Gasteiger partial charge on any atom is -0.334 e. The van der Waals surface area contributed by atoms with Crippen LogP contribution in [0.2, 0.25) is 0 Å². The third kappa shape index (κ3) is 3.54. The largest absolute Gasteiger partial charge is 0.334 e. The first kappa shape index (κ1) is 15.1. The minimum atomic E-state index is -3.55. The monoisotopic (exact) mass is 274 g/mol. The molecular weight excluding hydrogens is 252 g/mol. The van der Waals surface area contributed by atoms with Crippen LogP contribution in [-0.2, 0) is 16.6 Å². The van der Waals surface area contributed by atoms with E-state index in [1.54, 1.807) is 17.7 Å². The molecule has 3 N–H and O–H groups in total. The van der Waals surface area contributed by atoms with Gasteiger partial charge in [-0.05, 0) is 25.8 Å². The van der Waals surface area contributed by atoms with Gasteiger partial charge in [0.1, 0.15) is 5.82 Å². The van der Waals surface area contributed by atoms with Crippen molar-refractivity contribution in [2.24, 2.45) is 11.1 Å². The Bertz CT molecular complexity index is 505. The Morgan fingerprint density at radius 3 is 2.56 bits per heavy atom. The summed E-state index contributed by atoms with van der Waals surface area (Å²) in [7, 11) is -3.55. The third-order valence-corrected chi connectivity index (χ3v) is 4.14. The van der Waals surface area contributed by atoms with Crippen LogP contribution >= 0.6 is 0 Å². The van der Waals surface area contributed by atoms with Crippen molar-refractivity contribution in [1.82, 2.24) is 14.3 Å². The van der Waals surface area contributed by atoms with Gasteiger partial charge in [-0.25, -0.2) is 18.1 Å². The second-order valence-electron chi connectivity index (χ2n) is 5.11. The summed E-state index contributed by atoms with van der Waals surface area (Å²) in [4.78, 5) is 4.06. The number of sulfonamides is 1. The zero-order valence-electron chi connectivity index (χ0n) is 11.4. The number of aryl methyl sites for hydroxylation is 2. The first-order valence-corrected chi connectivity index (χ1v) is 7.43. The van der Waals surface area contributed by atoms with Crippen LogP contribution in [0.4, 0.5) is 0 Å². The van der Waals surface area contributed by atoms with Crippen LogP contribution < -0.4 is 10.5 Å². The number of aromatic nitrogens is 2. The molecule has 0 unspecified atom stereocenters. The second kappa shape index (κ2) is 5.38. The van der Waals surface area contributed by atoms with Gasteiger partial charge in [0.2, 0.25) is 0 Å². The van der Waals surface area contributed by atoms with Crippen molar-refractivity contribution in [2.75, 3.05) is 13.1 Å². The first-order valence-electron chi connectivity index (χ1n) is 5.95. The van der Waals surface area contributed by atoms with Crippen molar-refractivity contribution in [2.45, 2.75) is 39.3 Å². The molecule has 0 aliphatic rings. The Morgan fingerprint density at radius 1 is 1.50 bits per heavy atom. The van der Waals surface area contributed by atoms with E-state index in [4.69, 9.17) is 5.73 Å². The van der Waals surface area contributed by atoms with Gasteiger partial charge in [0.25, 0.3) is 10.0 Å². The molecule has 0 saturated carbocycles. The lowest BCUT2D eigenvalue weighted by Crippen LogP contribution is -2.38. The lowest BCUT2D eigenvalue weighted by atomic mass is 9.95. The molecule has 1 rings (SSSR count). The summed E-state index contributed by atoms with van der Waals surface area (Å²) in [6.45, 7) is 8.95. The molecule has 0 fully saturated rings. The number of imidazole rings is 1. The van der Waals surface area contributed by atoms with E-state index in [-0.39, 0.29) is 10.4 Å². The van der Waals surface area contributed by atoms with Gasteiger partial charge in [0.15, 0.2) is 5.03 Å². The van der Waals surface area contributed by atoms with Crippen LogP contribution in [0, 0.1) is 12.3 Å². The number of rotatable bonds is 6. The van der Waals surface area contributed by atoms with Gasteiger partial charge in [-0.15, -0.1) is 0 Å². The summed E-state index contributed by atoms with van der Waals surface area (Å²) in [5.41, 5.74) is 5.30. The van der Waals surface area contributed by atoms with Crippen molar-refractivity contribution in [3.05, 3.63) is 12.0 Å². The number of hydrogen-bond acceptors (Lipinski definition) is 4. The molecule has 0 aliphatic heterocycles. The fourth-order valence-corrected chi connectivity index (χ4v) is 2.61. The van der Waals surface area contributed by atoms with Gasteiger partial charge in [0.05, 0.1) is 0 Å². The van der Waals surface area contributed by atoms with E-state index in [9.17, 15) is 8.42 Å². The lowest BCUT2D eigenvalue weighted by molar-refractivity contribution is 0.376. The second-order valence-corrected chi connectivity index (χ2v) is 6.82. The molecule has 1 heterocycles. The van der Waals surface area contributed by atoms with Crippen LogP contribution in [0.1, 0.15) is 26.6 Å². The molecule has 18 heavy (non-hydrogen) atoms. The quantitative estimate of drug-likeness (QED) is 0.789. The van der Waals surface area contributed by atoms with Gasteiger partial charge in [0, 0.05) is 19.3 Å². The van der Waals surface area contributed by atoms with E-state index in [0.29, 0.717) is 25.5 Å². The molecule has 7 heteroatoms. The fourth-order valence-electron chi connectivity index (χ4n) is 1.37. The summed E-state index contributed by atoms with van der Waals surface area (Å²) in [5, 5.41) is 0.0645. The summed E-state index contributed by atoms with van der Waals surface area (Å²) in [6.07, 6.45) is 1.55. The van der Waals surface area contributed by atoms with Crippen LogP contribution in [0.3, 0.4) is 0 Å². The van der Waals surface area contributed by atoms with E-state index in [0.717, 1.165) is 0 Å². The Balaban J connectivity index is 2.86. The molecule has 0 bridgehead atoms. The molecule has 0 aliphatic carbocycles. The summed E-state index contributed by atoms with van der Waals surface area (Å²) < 4.78 is 28.4. The van der Waals surface area contributed by atoms with Gasteiger partial charge >= 0.3 is 0 Å². The zero-order chi connectivity index (χ0) is 14.0. The van der Waals surface area contributed by atoms with E-state index in [2.05, 4.69) is 9.71 Å². The standard InChI is InChI=1S/C11H22N4O2S/c1-5-15-6-10(14-9(15)2)18(16,17)13-8-11(3,4)7-12/h6,13H,5,7-8,12H2,1-4H3. The van der Waals surface area contributed by atoms with Gasteiger partial charge in [-0.1, -0.05) is 13.8 Å². The maximum Gasteiger partial charge on any atom is 0.259 e. The van der Waals surface area contributed by atoms with Crippen LogP contribution in [0.5, 0.6) is 0 Å². The summed E-state index contributed by atoms with van der Waals surface area (Å²) in [5.74, 6) is 0.691. The van der Waals surface area contributed by atoms with Crippen LogP contribution in [-0.4, -0.2) is 31.1 Å². The molecule has 0 radical (unpaired) electrons. The zero-order valence-corrected chi connectivity index (χ0v) is 12.2. The fraction of sp³-hybridized carbons (Fsp3) is 0.727. The highest BCUT2D eigenvalue weighted by Gasteiger charge is 2.23. The number of nitrogens with zero attached hydrogens (tertiary/aromatic N) is 2. The molecule has 1 aromatic heterocycles. The topological polar surface area (TPSA) is 90.0 Å². The first-order chi connectivity index (χ1) is 8.22. The number of nitrogens with two attached hydrogens (primary N) is 1. The van der Waals surface area contributed by atoms with E-state index >= 15 is 0 Å². The van der Waals surface area contributed by atoms with Gasteiger partial charge in [-0.3, -0.25) is 0 Å². The average molecular weight is 274 g/mol. The highest BCUT2D eigenvalue weighted by atomic mass is 32.2. The minimum absolute atomic E-state index is 0.0645. The van der Waals surface area contributed by atoms with Crippen molar-refractivity contribution in [3.63, 3.8) is 0 Å². The van der Waals surface area contributed by atoms with E-state index in [1.807, 2.05) is 20.8 Å². The normalized spacial score (nSPS) is 12.9. The highest BCUT2D eigenvalue weighted by Crippen LogP contribution is 2.14. The number of hydrogen-bond donors (Lipinski definition) is 2. The average Bonchev–Trinajstić information content (AvgIpc) is 2.69. The maximum atomic E-state index is 12.0. The Labute approximate surface area is 109 Å². The molecule has 1 aromatic rings. The van der Waals surface area contributed by atoms with Crippen molar-refractivity contribution >= 4 is 10.0 Å². The molecule has 0 amide bonds. The molecule has 0 atom stereocenters. The Morgan fingerprint density at radius 2 is 2.11 bits per heavy atom. The van der Waals surface area contributed by atoms with Crippen molar-refractivity contribution < 1.29 is 8.42 Å².